The molecule has 0 bridgehead atoms. The molecular formula is C18H11F2NO2. The second kappa shape index (κ2) is 5.35. The molecule has 0 N–H and O–H groups in total. The van der Waals surface area contributed by atoms with E-state index in [1.165, 1.54) is 6.07 Å². The van der Waals surface area contributed by atoms with Crippen LogP contribution in [0, 0.1) is 11.6 Å². The van der Waals surface area contributed by atoms with Crippen molar-refractivity contribution in [2.24, 2.45) is 0 Å². The molecule has 2 heterocycles. The van der Waals surface area contributed by atoms with Crippen LogP contribution >= 0.6 is 0 Å². The highest BCUT2D eigenvalue weighted by Crippen LogP contribution is 2.38. The van der Waals surface area contributed by atoms with Crippen LogP contribution in [-0.4, -0.2) is 11.8 Å². The molecule has 0 unspecified atom stereocenters. The summed E-state index contributed by atoms with van der Waals surface area (Å²) in [4.78, 5) is 4.33. The van der Waals surface area contributed by atoms with Gasteiger partial charge >= 0.3 is 0 Å². The minimum absolute atomic E-state index is 0.196. The van der Waals surface area contributed by atoms with Crippen molar-refractivity contribution in [3.63, 3.8) is 0 Å². The second-order valence-electron chi connectivity index (χ2n) is 5.10. The van der Waals surface area contributed by atoms with E-state index in [-0.39, 0.29) is 6.79 Å². The highest BCUT2D eigenvalue weighted by Gasteiger charge is 2.16. The van der Waals surface area contributed by atoms with Gasteiger partial charge in [-0.05, 0) is 42.0 Å². The van der Waals surface area contributed by atoms with E-state index in [9.17, 15) is 8.78 Å². The summed E-state index contributed by atoms with van der Waals surface area (Å²) in [7, 11) is 0. The number of halogens is 2. The lowest BCUT2D eigenvalue weighted by molar-refractivity contribution is 0.174. The molecule has 1 aliphatic heterocycles. The first kappa shape index (κ1) is 13.7. The van der Waals surface area contributed by atoms with Gasteiger partial charge in [-0.1, -0.05) is 12.1 Å². The monoisotopic (exact) mass is 311 g/mol. The third kappa shape index (κ3) is 2.40. The molecule has 5 heteroatoms. The summed E-state index contributed by atoms with van der Waals surface area (Å²) in [6, 6.07) is 13.0. The molecule has 4 rings (SSSR count). The van der Waals surface area contributed by atoms with Crippen LogP contribution in [0.4, 0.5) is 8.78 Å². The summed E-state index contributed by atoms with van der Waals surface area (Å²) in [6.45, 7) is 0.196. The fourth-order valence-electron chi connectivity index (χ4n) is 2.58. The summed E-state index contributed by atoms with van der Waals surface area (Å²) in [5.41, 5.74) is 2.75. The molecule has 23 heavy (non-hydrogen) atoms. The van der Waals surface area contributed by atoms with E-state index < -0.39 is 11.6 Å². The van der Waals surface area contributed by atoms with Crippen molar-refractivity contribution in [3.05, 3.63) is 66.4 Å². The molecule has 0 radical (unpaired) electrons. The number of hydrogen-bond acceptors (Lipinski definition) is 3. The third-order valence-corrected chi connectivity index (χ3v) is 3.68. The standard InChI is InChI=1S/C18H11F2NO2/c19-14-5-3-12(8-15(14)20)18-13(2-1-7-21-18)11-4-6-16-17(9-11)23-10-22-16/h1-9H,10H2. The van der Waals surface area contributed by atoms with Gasteiger partial charge in [-0.2, -0.15) is 0 Å². The molecule has 0 saturated carbocycles. The number of fused-ring (bicyclic) bond motifs is 1. The number of rotatable bonds is 2. The summed E-state index contributed by atoms with van der Waals surface area (Å²) in [6.07, 6.45) is 1.62. The first-order valence-electron chi connectivity index (χ1n) is 7.03. The number of aromatic nitrogens is 1. The van der Waals surface area contributed by atoms with Crippen molar-refractivity contribution in [2.45, 2.75) is 0 Å². The molecule has 0 spiro atoms. The topological polar surface area (TPSA) is 31.4 Å². The Balaban J connectivity index is 1.85. The Kier molecular flexibility index (Phi) is 3.19. The van der Waals surface area contributed by atoms with Gasteiger partial charge < -0.3 is 9.47 Å². The molecule has 1 aromatic heterocycles. The molecule has 0 saturated heterocycles. The van der Waals surface area contributed by atoms with E-state index in [4.69, 9.17) is 9.47 Å². The lowest BCUT2D eigenvalue weighted by atomic mass is 9.99. The van der Waals surface area contributed by atoms with Crippen molar-refractivity contribution in [1.82, 2.24) is 4.98 Å². The zero-order valence-corrected chi connectivity index (χ0v) is 11.9. The fourth-order valence-corrected chi connectivity index (χ4v) is 2.58. The summed E-state index contributed by atoms with van der Waals surface area (Å²) >= 11 is 0. The Morgan fingerprint density at radius 2 is 1.65 bits per heavy atom. The Bertz CT molecular complexity index is 896. The van der Waals surface area contributed by atoms with Crippen LogP contribution in [0.3, 0.4) is 0 Å². The normalized spacial score (nSPS) is 12.4. The fraction of sp³-hybridized carbons (Fsp3) is 0.0556. The van der Waals surface area contributed by atoms with Crippen molar-refractivity contribution in [1.29, 1.82) is 0 Å². The minimum atomic E-state index is -0.898. The lowest BCUT2D eigenvalue weighted by Gasteiger charge is -2.10. The van der Waals surface area contributed by atoms with Gasteiger partial charge in [-0.3, -0.25) is 4.98 Å². The largest absolute Gasteiger partial charge is 0.454 e. The van der Waals surface area contributed by atoms with Crippen molar-refractivity contribution in [2.75, 3.05) is 6.79 Å². The van der Waals surface area contributed by atoms with Gasteiger partial charge in [0, 0.05) is 17.3 Å². The molecule has 3 aromatic rings. The van der Waals surface area contributed by atoms with Crippen LogP contribution in [0.2, 0.25) is 0 Å². The molecular weight excluding hydrogens is 300 g/mol. The van der Waals surface area contributed by atoms with Crippen LogP contribution in [0.1, 0.15) is 0 Å². The first-order chi connectivity index (χ1) is 11.2. The number of hydrogen-bond donors (Lipinski definition) is 0. The second-order valence-corrected chi connectivity index (χ2v) is 5.10. The Hall–Kier alpha value is -2.95. The van der Waals surface area contributed by atoms with Crippen LogP contribution in [-0.2, 0) is 0 Å². The molecule has 114 valence electrons. The minimum Gasteiger partial charge on any atom is -0.454 e. The molecule has 0 atom stereocenters. The van der Waals surface area contributed by atoms with Gasteiger partial charge in [-0.25, -0.2) is 8.78 Å². The lowest BCUT2D eigenvalue weighted by Crippen LogP contribution is -1.93. The SMILES string of the molecule is Fc1ccc(-c2ncccc2-c2ccc3c(c2)OCO3)cc1F. The molecule has 0 fully saturated rings. The number of ether oxygens (including phenoxy) is 2. The van der Waals surface area contributed by atoms with Crippen LogP contribution in [0.15, 0.2) is 54.7 Å². The highest BCUT2D eigenvalue weighted by molar-refractivity contribution is 5.81. The van der Waals surface area contributed by atoms with Gasteiger partial charge in [0.2, 0.25) is 6.79 Å². The summed E-state index contributed by atoms with van der Waals surface area (Å²) < 4.78 is 37.4. The maximum atomic E-state index is 13.5. The van der Waals surface area contributed by atoms with E-state index in [0.717, 1.165) is 23.3 Å². The third-order valence-electron chi connectivity index (χ3n) is 3.68. The first-order valence-corrected chi connectivity index (χ1v) is 7.03. The quantitative estimate of drug-likeness (QED) is 0.702. The van der Waals surface area contributed by atoms with Gasteiger partial charge in [0.1, 0.15) is 0 Å². The van der Waals surface area contributed by atoms with Gasteiger partial charge in [-0.15, -0.1) is 0 Å². The van der Waals surface area contributed by atoms with E-state index in [2.05, 4.69) is 4.98 Å². The maximum Gasteiger partial charge on any atom is 0.231 e. The van der Waals surface area contributed by atoms with Crippen molar-refractivity contribution >= 4 is 0 Å². The van der Waals surface area contributed by atoms with Crippen LogP contribution < -0.4 is 9.47 Å². The highest BCUT2D eigenvalue weighted by atomic mass is 19.2. The van der Waals surface area contributed by atoms with Gasteiger partial charge in [0.25, 0.3) is 0 Å². The predicted molar refractivity (Wildman–Crippen MR) is 81.1 cm³/mol. The van der Waals surface area contributed by atoms with Gasteiger partial charge in [0.15, 0.2) is 23.1 Å². The average Bonchev–Trinajstić information content (AvgIpc) is 3.05. The van der Waals surface area contributed by atoms with Crippen LogP contribution in [0.5, 0.6) is 11.5 Å². The van der Waals surface area contributed by atoms with Crippen molar-refractivity contribution < 1.29 is 18.3 Å². The van der Waals surface area contributed by atoms with E-state index in [0.29, 0.717) is 22.8 Å². The Morgan fingerprint density at radius 3 is 2.52 bits per heavy atom. The average molecular weight is 311 g/mol. The summed E-state index contributed by atoms with van der Waals surface area (Å²) in [5, 5.41) is 0. The van der Waals surface area contributed by atoms with E-state index in [1.54, 1.807) is 12.3 Å². The van der Waals surface area contributed by atoms with Gasteiger partial charge in [0.05, 0.1) is 5.69 Å². The Morgan fingerprint density at radius 1 is 0.826 bits per heavy atom. The zero-order valence-electron chi connectivity index (χ0n) is 11.9. The Labute approximate surface area is 131 Å². The number of pyridine rings is 1. The summed E-state index contributed by atoms with van der Waals surface area (Å²) in [5.74, 6) is -0.436. The number of benzene rings is 2. The smallest absolute Gasteiger partial charge is 0.231 e. The zero-order chi connectivity index (χ0) is 15.8. The van der Waals surface area contributed by atoms with Crippen molar-refractivity contribution in [3.8, 4) is 33.9 Å². The number of nitrogens with zero attached hydrogens (tertiary/aromatic N) is 1. The maximum absolute atomic E-state index is 13.5. The molecule has 3 nitrogen and oxygen atoms in total. The van der Waals surface area contributed by atoms with Crippen LogP contribution in [0.25, 0.3) is 22.4 Å². The predicted octanol–water partition coefficient (Wildman–Crippen LogP) is 4.42. The molecule has 1 aliphatic rings. The van der Waals surface area contributed by atoms with E-state index >= 15 is 0 Å². The molecule has 0 amide bonds. The molecule has 0 aliphatic carbocycles. The van der Waals surface area contributed by atoms with E-state index in [1.807, 2.05) is 24.3 Å². The molecule has 2 aromatic carbocycles.